The van der Waals surface area contributed by atoms with Crippen LogP contribution < -0.4 is 5.73 Å². The SMILES string of the molecule is Cl.N[C@H](c1c(Br)ccc(F)c1O)C1CCCCC1. The van der Waals surface area contributed by atoms with Crippen LogP contribution in [-0.2, 0) is 0 Å². The molecule has 1 aliphatic carbocycles. The van der Waals surface area contributed by atoms with E-state index in [1.54, 1.807) is 6.07 Å². The molecule has 18 heavy (non-hydrogen) atoms. The van der Waals surface area contributed by atoms with Crippen LogP contribution in [0.5, 0.6) is 5.75 Å². The van der Waals surface area contributed by atoms with Gasteiger partial charge in [-0.1, -0.05) is 35.2 Å². The van der Waals surface area contributed by atoms with E-state index in [1.807, 2.05) is 0 Å². The molecule has 0 saturated heterocycles. The quantitative estimate of drug-likeness (QED) is 0.844. The fourth-order valence-corrected chi connectivity index (χ4v) is 3.19. The third kappa shape index (κ3) is 3.16. The van der Waals surface area contributed by atoms with E-state index in [0.29, 0.717) is 16.0 Å². The highest BCUT2D eigenvalue weighted by Crippen LogP contribution is 2.40. The molecule has 0 aromatic heterocycles. The Kier molecular flexibility index (Phi) is 5.89. The number of phenolic OH excluding ortho intramolecular Hbond substituents is 1. The zero-order chi connectivity index (χ0) is 12.4. The molecule has 0 heterocycles. The number of benzene rings is 1. The summed E-state index contributed by atoms with van der Waals surface area (Å²) in [7, 11) is 0. The fraction of sp³-hybridized carbons (Fsp3) is 0.538. The minimum Gasteiger partial charge on any atom is -0.505 e. The van der Waals surface area contributed by atoms with Crippen molar-refractivity contribution in [2.24, 2.45) is 11.7 Å². The summed E-state index contributed by atoms with van der Waals surface area (Å²) in [6, 6.07) is 2.56. The molecule has 0 bridgehead atoms. The molecule has 2 rings (SSSR count). The Morgan fingerprint density at radius 3 is 2.50 bits per heavy atom. The highest BCUT2D eigenvalue weighted by molar-refractivity contribution is 9.10. The molecule has 1 fully saturated rings. The van der Waals surface area contributed by atoms with Crippen molar-refractivity contribution < 1.29 is 9.50 Å². The van der Waals surface area contributed by atoms with Crippen molar-refractivity contribution >= 4 is 28.3 Å². The molecule has 0 unspecified atom stereocenters. The summed E-state index contributed by atoms with van der Waals surface area (Å²) in [6.07, 6.45) is 5.71. The first kappa shape index (κ1) is 15.7. The van der Waals surface area contributed by atoms with Crippen molar-refractivity contribution in [3.8, 4) is 5.75 Å². The van der Waals surface area contributed by atoms with Crippen LogP contribution in [0.1, 0.15) is 43.7 Å². The van der Waals surface area contributed by atoms with E-state index >= 15 is 0 Å². The van der Waals surface area contributed by atoms with E-state index in [1.165, 1.54) is 25.3 Å². The Morgan fingerprint density at radius 1 is 1.28 bits per heavy atom. The summed E-state index contributed by atoms with van der Waals surface area (Å²) >= 11 is 3.34. The molecule has 102 valence electrons. The smallest absolute Gasteiger partial charge is 0.165 e. The number of aromatic hydroxyl groups is 1. The van der Waals surface area contributed by atoms with Crippen LogP contribution in [0.3, 0.4) is 0 Å². The molecule has 0 amide bonds. The van der Waals surface area contributed by atoms with Gasteiger partial charge >= 0.3 is 0 Å². The van der Waals surface area contributed by atoms with Gasteiger partial charge in [0.05, 0.1) is 0 Å². The Bertz CT molecular complexity index is 410. The number of nitrogens with two attached hydrogens (primary N) is 1. The van der Waals surface area contributed by atoms with Crippen LogP contribution in [0.4, 0.5) is 4.39 Å². The third-order valence-electron chi connectivity index (χ3n) is 3.61. The fourth-order valence-electron chi connectivity index (χ4n) is 2.60. The van der Waals surface area contributed by atoms with Crippen molar-refractivity contribution in [2.75, 3.05) is 0 Å². The number of halogens is 3. The van der Waals surface area contributed by atoms with Gasteiger partial charge in [-0.05, 0) is 30.9 Å². The summed E-state index contributed by atoms with van der Waals surface area (Å²) in [5.41, 5.74) is 6.69. The summed E-state index contributed by atoms with van der Waals surface area (Å²) in [5.74, 6) is -0.570. The van der Waals surface area contributed by atoms with Gasteiger partial charge in [0, 0.05) is 16.1 Å². The lowest BCUT2D eigenvalue weighted by Gasteiger charge is -2.28. The molecular weight excluding hydrogens is 321 g/mol. The lowest BCUT2D eigenvalue weighted by Crippen LogP contribution is -2.24. The van der Waals surface area contributed by atoms with E-state index < -0.39 is 5.82 Å². The molecular formula is C13H18BrClFNO. The monoisotopic (exact) mass is 337 g/mol. The number of rotatable bonds is 2. The van der Waals surface area contributed by atoms with Crippen molar-refractivity contribution in [2.45, 2.75) is 38.1 Å². The lowest BCUT2D eigenvalue weighted by molar-refractivity contribution is 0.300. The molecule has 2 nitrogen and oxygen atoms in total. The molecule has 0 aliphatic heterocycles. The van der Waals surface area contributed by atoms with Gasteiger partial charge in [-0.25, -0.2) is 4.39 Å². The maximum atomic E-state index is 13.4. The maximum Gasteiger partial charge on any atom is 0.165 e. The topological polar surface area (TPSA) is 46.2 Å². The number of hydrogen-bond acceptors (Lipinski definition) is 2. The van der Waals surface area contributed by atoms with Crippen molar-refractivity contribution in [3.05, 3.63) is 28.0 Å². The Balaban J connectivity index is 0.00000162. The Labute approximate surface area is 121 Å². The second-order valence-electron chi connectivity index (χ2n) is 4.72. The lowest BCUT2D eigenvalue weighted by atomic mass is 9.81. The van der Waals surface area contributed by atoms with Crippen LogP contribution in [0.25, 0.3) is 0 Å². The largest absolute Gasteiger partial charge is 0.505 e. The highest BCUT2D eigenvalue weighted by Gasteiger charge is 2.26. The molecule has 1 aromatic rings. The zero-order valence-electron chi connectivity index (χ0n) is 10.0. The third-order valence-corrected chi connectivity index (χ3v) is 4.30. The molecule has 1 saturated carbocycles. The average molecular weight is 339 g/mol. The minimum atomic E-state index is -0.602. The van der Waals surface area contributed by atoms with Crippen LogP contribution in [-0.4, -0.2) is 5.11 Å². The van der Waals surface area contributed by atoms with Gasteiger partial charge in [0.25, 0.3) is 0 Å². The highest BCUT2D eigenvalue weighted by atomic mass is 79.9. The molecule has 0 spiro atoms. The Morgan fingerprint density at radius 2 is 1.89 bits per heavy atom. The molecule has 3 N–H and O–H groups in total. The summed E-state index contributed by atoms with van der Waals surface area (Å²) in [6.45, 7) is 0. The first-order chi connectivity index (χ1) is 8.11. The van der Waals surface area contributed by atoms with Crippen molar-refractivity contribution in [1.82, 2.24) is 0 Å². The van der Waals surface area contributed by atoms with E-state index in [2.05, 4.69) is 15.9 Å². The van der Waals surface area contributed by atoms with Gasteiger partial charge in [0.1, 0.15) is 0 Å². The predicted molar refractivity (Wildman–Crippen MR) is 76.5 cm³/mol. The second-order valence-corrected chi connectivity index (χ2v) is 5.57. The summed E-state index contributed by atoms with van der Waals surface area (Å²) in [5, 5.41) is 9.79. The van der Waals surface area contributed by atoms with Gasteiger partial charge in [-0.3, -0.25) is 0 Å². The van der Waals surface area contributed by atoms with Crippen molar-refractivity contribution in [3.63, 3.8) is 0 Å². The zero-order valence-corrected chi connectivity index (χ0v) is 12.4. The van der Waals surface area contributed by atoms with Gasteiger partial charge in [-0.2, -0.15) is 0 Å². The van der Waals surface area contributed by atoms with Crippen LogP contribution in [0.15, 0.2) is 16.6 Å². The maximum absolute atomic E-state index is 13.4. The molecule has 5 heteroatoms. The molecule has 1 aromatic carbocycles. The standard InChI is InChI=1S/C13H17BrFNO.ClH/c14-9-6-7-10(15)13(17)11(9)12(16)8-4-2-1-3-5-8;/h6-8,12,17H,1-5,16H2;1H/t12-;/m0./s1. The average Bonchev–Trinajstić information content (AvgIpc) is 2.35. The first-order valence-corrected chi connectivity index (χ1v) is 6.83. The van der Waals surface area contributed by atoms with E-state index in [-0.39, 0.29) is 24.2 Å². The van der Waals surface area contributed by atoms with E-state index in [0.717, 1.165) is 12.8 Å². The predicted octanol–water partition coefficient (Wildman–Crippen LogP) is 4.30. The Hall–Kier alpha value is -0.320. The van der Waals surface area contributed by atoms with Crippen LogP contribution >= 0.6 is 28.3 Å². The summed E-state index contributed by atoms with van der Waals surface area (Å²) in [4.78, 5) is 0. The van der Waals surface area contributed by atoms with Gasteiger partial charge in [-0.15, -0.1) is 12.4 Å². The van der Waals surface area contributed by atoms with E-state index in [9.17, 15) is 9.50 Å². The number of hydrogen-bond donors (Lipinski definition) is 2. The number of phenols is 1. The van der Waals surface area contributed by atoms with Crippen LogP contribution in [0.2, 0.25) is 0 Å². The van der Waals surface area contributed by atoms with Crippen molar-refractivity contribution in [1.29, 1.82) is 0 Å². The van der Waals surface area contributed by atoms with E-state index in [4.69, 9.17) is 5.73 Å². The van der Waals surface area contributed by atoms with Gasteiger partial charge in [0.15, 0.2) is 11.6 Å². The molecule has 1 aliphatic rings. The summed E-state index contributed by atoms with van der Waals surface area (Å²) < 4.78 is 14.0. The van der Waals surface area contributed by atoms with Gasteiger partial charge < -0.3 is 10.8 Å². The second kappa shape index (κ2) is 6.73. The normalized spacial score (nSPS) is 18.2. The first-order valence-electron chi connectivity index (χ1n) is 6.03. The molecule has 0 radical (unpaired) electrons. The van der Waals surface area contributed by atoms with Crippen LogP contribution in [0, 0.1) is 11.7 Å². The van der Waals surface area contributed by atoms with Gasteiger partial charge in [0.2, 0.25) is 0 Å². The molecule has 1 atom stereocenters. The minimum absolute atomic E-state index is 0.